The van der Waals surface area contributed by atoms with Crippen molar-refractivity contribution in [3.8, 4) is 0 Å². The fraction of sp³-hybridized carbons (Fsp3) is 0.444. The maximum Gasteiger partial charge on any atom is 0.244 e. The number of benzene rings is 1. The third-order valence-electron chi connectivity index (χ3n) is 4.09. The van der Waals surface area contributed by atoms with Crippen LogP contribution in [0, 0.1) is 0 Å². The summed E-state index contributed by atoms with van der Waals surface area (Å²) < 4.78 is 0. The van der Waals surface area contributed by atoms with E-state index in [1.807, 2.05) is 30.3 Å². The maximum atomic E-state index is 11.8. The number of nitrogens with zero attached hydrogens (tertiary/aromatic N) is 1. The predicted molar refractivity (Wildman–Crippen MR) is 91.8 cm³/mol. The van der Waals surface area contributed by atoms with Gasteiger partial charge in [-0.3, -0.25) is 14.5 Å². The van der Waals surface area contributed by atoms with Crippen molar-refractivity contribution in [3.05, 3.63) is 42.0 Å². The number of hydrogen-bond acceptors (Lipinski definition) is 3. The number of likely N-dealkylation sites (N-methyl/N-ethyl adjacent to an activating group) is 1. The Morgan fingerprint density at radius 3 is 2.78 bits per heavy atom. The second-order valence-corrected chi connectivity index (χ2v) is 5.69. The van der Waals surface area contributed by atoms with Gasteiger partial charge in [0.25, 0.3) is 0 Å². The van der Waals surface area contributed by atoms with Crippen LogP contribution in [0.4, 0.5) is 0 Å². The van der Waals surface area contributed by atoms with E-state index in [0.717, 1.165) is 25.1 Å². The fourth-order valence-corrected chi connectivity index (χ4v) is 2.80. The van der Waals surface area contributed by atoms with Crippen molar-refractivity contribution < 1.29 is 9.59 Å². The molecule has 1 saturated heterocycles. The molecule has 1 unspecified atom stereocenters. The summed E-state index contributed by atoms with van der Waals surface area (Å²) >= 11 is 0. The van der Waals surface area contributed by atoms with Gasteiger partial charge >= 0.3 is 0 Å². The lowest BCUT2D eigenvalue weighted by atomic mass is 10.2. The van der Waals surface area contributed by atoms with Crippen LogP contribution in [-0.4, -0.2) is 48.9 Å². The van der Waals surface area contributed by atoms with Gasteiger partial charge in [-0.15, -0.1) is 0 Å². The molecule has 5 heteroatoms. The number of carbonyl (C=O) groups is 2. The van der Waals surface area contributed by atoms with Crippen LogP contribution in [-0.2, 0) is 9.59 Å². The molecule has 0 radical (unpaired) electrons. The molecule has 1 aliphatic heterocycles. The molecule has 0 aromatic heterocycles. The van der Waals surface area contributed by atoms with E-state index in [1.165, 1.54) is 12.5 Å². The molecule has 2 rings (SSSR count). The molecule has 0 spiro atoms. The molecular formula is C18H25N3O2. The van der Waals surface area contributed by atoms with Gasteiger partial charge in [-0.05, 0) is 37.6 Å². The largest absolute Gasteiger partial charge is 0.353 e. The summed E-state index contributed by atoms with van der Waals surface area (Å²) in [4.78, 5) is 25.9. The van der Waals surface area contributed by atoms with Crippen molar-refractivity contribution in [3.63, 3.8) is 0 Å². The minimum Gasteiger partial charge on any atom is -0.353 e. The predicted octanol–water partition coefficient (Wildman–Crippen LogP) is 1.42. The lowest BCUT2D eigenvalue weighted by Crippen LogP contribution is -2.43. The SMILES string of the molecule is CCN1CCCC1CNC(=O)CNC(=O)/C=C/c1ccccc1. The van der Waals surface area contributed by atoms with Gasteiger partial charge < -0.3 is 10.6 Å². The van der Waals surface area contributed by atoms with Crippen molar-refractivity contribution in [1.82, 2.24) is 15.5 Å². The Bertz CT molecular complexity index is 542. The van der Waals surface area contributed by atoms with E-state index in [4.69, 9.17) is 0 Å². The van der Waals surface area contributed by atoms with E-state index in [1.54, 1.807) is 6.08 Å². The number of carbonyl (C=O) groups excluding carboxylic acids is 2. The third-order valence-corrected chi connectivity index (χ3v) is 4.09. The minimum absolute atomic E-state index is 0.0107. The minimum atomic E-state index is -0.264. The summed E-state index contributed by atoms with van der Waals surface area (Å²) in [5.74, 6) is -0.408. The molecule has 0 bridgehead atoms. The standard InChI is InChI=1S/C18H25N3O2/c1-2-21-12-6-9-16(21)13-19-18(23)14-20-17(22)11-10-15-7-4-3-5-8-15/h3-5,7-8,10-11,16H,2,6,9,12-14H2,1H3,(H,19,23)(H,20,22)/b11-10+. The second-order valence-electron chi connectivity index (χ2n) is 5.69. The monoisotopic (exact) mass is 315 g/mol. The van der Waals surface area contributed by atoms with E-state index < -0.39 is 0 Å². The molecular weight excluding hydrogens is 290 g/mol. The van der Waals surface area contributed by atoms with Crippen LogP contribution in [0.5, 0.6) is 0 Å². The van der Waals surface area contributed by atoms with Gasteiger partial charge in [0.2, 0.25) is 11.8 Å². The highest BCUT2D eigenvalue weighted by Gasteiger charge is 2.22. The number of likely N-dealkylation sites (tertiary alicyclic amines) is 1. The first-order chi connectivity index (χ1) is 11.2. The average Bonchev–Trinajstić information content (AvgIpc) is 3.04. The highest BCUT2D eigenvalue weighted by Crippen LogP contribution is 2.15. The zero-order valence-electron chi connectivity index (χ0n) is 13.6. The van der Waals surface area contributed by atoms with Crippen molar-refractivity contribution in [2.24, 2.45) is 0 Å². The number of nitrogens with one attached hydrogen (secondary N) is 2. The summed E-state index contributed by atoms with van der Waals surface area (Å²) in [6, 6.07) is 10.00. The first-order valence-electron chi connectivity index (χ1n) is 8.20. The van der Waals surface area contributed by atoms with Crippen LogP contribution in [0.3, 0.4) is 0 Å². The Balaban J connectivity index is 1.66. The van der Waals surface area contributed by atoms with Gasteiger partial charge in [0.1, 0.15) is 0 Å². The zero-order chi connectivity index (χ0) is 16.5. The summed E-state index contributed by atoms with van der Waals surface area (Å²) in [7, 11) is 0. The highest BCUT2D eigenvalue weighted by molar-refractivity contribution is 5.94. The Morgan fingerprint density at radius 1 is 1.26 bits per heavy atom. The molecule has 5 nitrogen and oxygen atoms in total. The number of hydrogen-bond donors (Lipinski definition) is 2. The normalized spacial score (nSPS) is 18.2. The molecule has 1 aromatic rings. The van der Waals surface area contributed by atoms with Gasteiger partial charge in [-0.1, -0.05) is 37.3 Å². The van der Waals surface area contributed by atoms with Crippen LogP contribution in [0.2, 0.25) is 0 Å². The molecule has 1 atom stereocenters. The zero-order valence-corrected chi connectivity index (χ0v) is 13.6. The van der Waals surface area contributed by atoms with Gasteiger partial charge in [0.05, 0.1) is 6.54 Å². The lowest BCUT2D eigenvalue weighted by molar-refractivity contribution is -0.124. The molecule has 1 aliphatic rings. The molecule has 2 N–H and O–H groups in total. The molecule has 2 amide bonds. The third kappa shape index (κ3) is 5.87. The Kier molecular flexibility index (Phi) is 6.81. The van der Waals surface area contributed by atoms with Gasteiger partial charge in [-0.25, -0.2) is 0 Å². The van der Waals surface area contributed by atoms with Crippen molar-refractivity contribution in [1.29, 1.82) is 0 Å². The quantitative estimate of drug-likeness (QED) is 0.748. The van der Waals surface area contributed by atoms with E-state index >= 15 is 0 Å². The lowest BCUT2D eigenvalue weighted by Gasteiger charge is -2.22. The smallest absolute Gasteiger partial charge is 0.244 e. The van der Waals surface area contributed by atoms with Crippen LogP contribution in [0.1, 0.15) is 25.3 Å². The van der Waals surface area contributed by atoms with Gasteiger partial charge in [0.15, 0.2) is 0 Å². The Labute approximate surface area is 137 Å². The van der Waals surface area contributed by atoms with Crippen LogP contribution < -0.4 is 10.6 Å². The molecule has 0 aliphatic carbocycles. The topological polar surface area (TPSA) is 61.4 Å². The maximum absolute atomic E-state index is 11.8. The van der Waals surface area contributed by atoms with Crippen molar-refractivity contribution in [2.75, 3.05) is 26.2 Å². The first-order valence-corrected chi connectivity index (χ1v) is 8.20. The van der Waals surface area contributed by atoms with E-state index in [2.05, 4.69) is 22.5 Å². The van der Waals surface area contributed by atoms with Crippen molar-refractivity contribution >= 4 is 17.9 Å². The molecule has 1 heterocycles. The van der Waals surface area contributed by atoms with E-state index in [0.29, 0.717) is 12.6 Å². The Hall–Kier alpha value is -2.14. The van der Waals surface area contributed by atoms with Crippen LogP contribution >= 0.6 is 0 Å². The fourth-order valence-electron chi connectivity index (χ4n) is 2.80. The highest BCUT2D eigenvalue weighted by atomic mass is 16.2. The van der Waals surface area contributed by atoms with Crippen LogP contribution in [0.25, 0.3) is 6.08 Å². The van der Waals surface area contributed by atoms with Gasteiger partial charge in [-0.2, -0.15) is 0 Å². The van der Waals surface area contributed by atoms with Crippen molar-refractivity contribution in [2.45, 2.75) is 25.8 Å². The molecule has 124 valence electrons. The molecule has 0 saturated carbocycles. The van der Waals surface area contributed by atoms with Crippen LogP contribution in [0.15, 0.2) is 36.4 Å². The van der Waals surface area contributed by atoms with Gasteiger partial charge in [0, 0.05) is 18.7 Å². The average molecular weight is 315 g/mol. The molecule has 1 aromatic carbocycles. The first kappa shape index (κ1) is 17.2. The van der Waals surface area contributed by atoms with E-state index in [9.17, 15) is 9.59 Å². The molecule has 23 heavy (non-hydrogen) atoms. The summed E-state index contributed by atoms with van der Waals surface area (Å²) in [5, 5.41) is 5.50. The summed E-state index contributed by atoms with van der Waals surface area (Å²) in [5.41, 5.74) is 0.952. The summed E-state index contributed by atoms with van der Waals surface area (Å²) in [6.07, 6.45) is 5.49. The number of rotatable bonds is 7. The van der Waals surface area contributed by atoms with E-state index in [-0.39, 0.29) is 18.4 Å². The molecule has 1 fully saturated rings. The Morgan fingerprint density at radius 2 is 2.04 bits per heavy atom. The number of amides is 2. The summed E-state index contributed by atoms with van der Waals surface area (Å²) in [6.45, 7) is 4.93. The second kappa shape index (κ2) is 9.10.